The summed E-state index contributed by atoms with van der Waals surface area (Å²) in [6.45, 7) is 4.15. The van der Waals surface area contributed by atoms with Gasteiger partial charge in [-0.15, -0.1) is 0 Å². The Bertz CT molecular complexity index is 330. The van der Waals surface area contributed by atoms with Crippen LogP contribution in [0.15, 0.2) is 57.5 Å². The normalized spacial score (nSPS) is 9.25. The van der Waals surface area contributed by atoms with Crippen LogP contribution in [0.1, 0.15) is 11.1 Å². The second kappa shape index (κ2) is 6.87. The molecule has 0 nitrogen and oxygen atoms in total. The number of hydrogen-bond donors (Lipinski definition) is 0. The molecule has 0 saturated carbocycles. The van der Waals surface area contributed by atoms with Crippen LogP contribution in [0.5, 0.6) is 0 Å². The Morgan fingerprint density at radius 2 is 0.812 bits per heavy atom. The highest BCUT2D eigenvalue weighted by Crippen LogP contribution is 2.09. The van der Waals surface area contributed by atoms with Gasteiger partial charge in [0, 0.05) is 8.95 Å². The molecule has 0 aliphatic heterocycles. The largest absolute Gasteiger partial charge is 0.0582 e. The van der Waals surface area contributed by atoms with E-state index >= 15 is 0 Å². The summed E-state index contributed by atoms with van der Waals surface area (Å²) in [5.41, 5.74) is 2.60. The maximum absolute atomic E-state index is 3.35. The summed E-state index contributed by atoms with van der Waals surface area (Å²) >= 11 is 6.69. The van der Waals surface area contributed by atoms with E-state index in [1.807, 2.05) is 24.3 Å². The molecule has 0 N–H and O–H groups in total. The van der Waals surface area contributed by atoms with Crippen molar-refractivity contribution in [2.24, 2.45) is 0 Å². The number of aryl methyl sites for hydroxylation is 2. The van der Waals surface area contributed by atoms with Gasteiger partial charge in [0.2, 0.25) is 0 Å². The smallest absolute Gasteiger partial charge is 0.0175 e. The van der Waals surface area contributed by atoms with Gasteiger partial charge in [0.05, 0.1) is 0 Å². The predicted octanol–water partition coefficient (Wildman–Crippen LogP) is 5.52. The number of halogens is 2. The molecule has 0 heterocycles. The van der Waals surface area contributed by atoms with E-state index < -0.39 is 0 Å². The van der Waals surface area contributed by atoms with Crippen molar-refractivity contribution in [2.75, 3.05) is 0 Å². The Morgan fingerprint density at radius 3 is 1.00 bits per heavy atom. The Labute approximate surface area is 114 Å². The van der Waals surface area contributed by atoms with Gasteiger partial charge >= 0.3 is 0 Å². The lowest BCUT2D eigenvalue weighted by Crippen LogP contribution is -1.66. The van der Waals surface area contributed by atoms with Gasteiger partial charge in [-0.3, -0.25) is 0 Å². The maximum atomic E-state index is 3.35. The highest BCUT2D eigenvalue weighted by Gasteiger charge is 1.82. The zero-order valence-electron chi connectivity index (χ0n) is 9.37. The standard InChI is InChI=1S/2C7H7Br/c2*1-6-2-4-7(8)5-3-6/h2*2-5H,1H3. The van der Waals surface area contributed by atoms with Crippen molar-refractivity contribution in [3.63, 3.8) is 0 Å². The zero-order chi connectivity index (χ0) is 12.0. The van der Waals surface area contributed by atoms with E-state index in [2.05, 4.69) is 70.0 Å². The summed E-state index contributed by atoms with van der Waals surface area (Å²) in [7, 11) is 0. The Morgan fingerprint density at radius 1 is 0.562 bits per heavy atom. The molecule has 16 heavy (non-hydrogen) atoms. The van der Waals surface area contributed by atoms with Crippen molar-refractivity contribution in [2.45, 2.75) is 13.8 Å². The van der Waals surface area contributed by atoms with E-state index in [0.717, 1.165) is 8.95 Å². The van der Waals surface area contributed by atoms with E-state index in [1.54, 1.807) is 0 Å². The molecule has 2 rings (SSSR count). The van der Waals surface area contributed by atoms with Crippen LogP contribution in [0.2, 0.25) is 0 Å². The molecule has 0 bridgehead atoms. The molecule has 0 radical (unpaired) electrons. The van der Waals surface area contributed by atoms with Crippen LogP contribution in [0.3, 0.4) is 0 Å². The van der Waals surface area contributed by atoms with Crippen LogP contribution >= 0.6 is 31.9 Å². The van der Waals surface area contributed by atoms with E-state index in [4.69, 9.17) is 0 Å². The van der Waals surface area contributed by atoms with Crippen molar-refractivity contribution in [1.29, 1.82) is 0 Å². The van der Waals surface area contributed by atoms with Crippen LogP contribution in [0.25, 0.3) is 0 Å². The minimum Gasteiger partial charge on any atom is -0.0582 e. The van der Waals surface area contributed by atoms with Crippen molar-refractivity contribution in [3.05, 3.63) is 68.6 Å². The first-order chi connectivity index (χ1) is 7.58. The fourth-order valence-electron chi connectivity index (χ4n) is 1.07. The minimum atomic E-state index is 1.14. The van der Waals surface area contributed by atoms with E-state index in [1.165, 1.54) is 11.1 Å². The minimum absolute atomic E-state index is 1.14. The molecule has 84 valence electrons. The molecule has 2 aromatic rings. The fourth-order valence-corrected chi connectivity index (χ4v) is 1.60. The topological polar surface area (TPSA) is 0 Å². The summed E-state index contributed by atoms with van der Waals surface area (Å²) in [4.78, 5) is 0. The number of rotatable bonds is 0. The first kappa shape index (κ1) is 13.5. The lowest BCUT2D eigenvalue weighted by atomic mass is 10.2. The summed E-state index contributed by atoms with van der Waals surface area (Å²) in [6, 6.07) is 16.4. The van der Waals surface area contributed by atoms with E-state index in [-0.39, 0.29) is 0 Å². The lowest BCUT2D eigenvalue weighted by molar-refractivity contribution is 1.46. The Hall–Kier alpha value is -0.600. The highest BCUT2D eigenvalue weighted by molar-refractivity contribution is 9.10. The molecule has 2 heteroatoms. The number of hydrogen-bond acceptors (Lipinski definition) is 0. The van der Waals surface area contributed by atoms with Gasteiger partial charge in [0.1, 0.15) is 0 Å². The molecule has 2 aromatic carbocycles. The van der Waals surface area contributed by atoms with Gasteiger partial charge in [-0.05, 0) is 38.1 Å². The third kappa shape index (κ3) is 5.47. The Kier molecular flexibility index (Phi) is 5.78. The first-order valence-corrected chi connectivity index (χ1v) is 6.61. The number of benzene rings is 2. The average Bonchev–Trinajstić information content (AvgIpc) is 2.28. The van der Waals surface area contributed by atoms with E-state index in [0.29, 0.717) is 0 Å². The quantitative estimate of drug-likeness (QED) is 0.592. The van der Waals surface area contributed by atoms with Gasteiger partial charge < -0.3 is 0 Å². The summed E-state index contributed by atoms with van der Waals surface area (Å²) in [5.74, 6) is 0. The molecule has 0 aliphatic rings. The molecular formula is C14H14Br2. The maximum Gasteiger partial charge on any atom is 0.0175 e. The van der Waals surface area contributed by atoms with Gasteiger partial charge in [-0.2, -0.15) is 0 Å². The molecule has 0 aromatic heterocycles. The lowest BCUT2D eigenvalue weighted by Gasteiger charge is -1.88. The van der Waals surface area contributed by atoms with Crippen LogP contribution in [0.4, 0.5) is 0 Å². The van der Waals surface area contributed by atoms with Gasteiger partial charge in [-0.25, -0.2) is 0 Å². The average molecular weight is 342 g/mol. The van der Waals surface area contributed by atoms with Gasteiger partial charge in [0.15, 0.2) is 0 Å². The first-order valence-electron chi connectivity index (χ1n) is 5.02. The highest BCUT2D eigenvalue weighted by atomic mass is 79.9. The van der Waals surface area contributed by atoms with Gasteiger partial charge in [0.25, 0.3) is 0 Å². The Balaban J connectivity index is 0.000000160. The van der Waals surface area contributed by atoms with Crippen molar-refractivity contribution >= 4 is 31.9 Å². The molecular weight excluding hydrogens is 328 g/mol. The molecule has 0 spiro atoms. The molecule has 0 unspecified atom stereocenters. The summed E-state index contributed by atoms with van der Waals surface area (Å²) in [6.07, 6.45) is 0. The van der Waals surface area contributed by atoms with Crippen LogP contribution < -0.4 is 0 Å². The third-order valence-electron chi connectivity index (χ3n) is 2.02. The van der Waals surface area contributed by atoms with Crippen LogP contribution in [0, 0.1) is 13.8 Å². The predicted molar refractivity (Wildman–Crippen MR) is 77.8 cm³/mol. The van der Waals surface area contributed by atoms with Crippen LogP contribution in [-0.4, -0.2) is 0 Å². The fraction of sp³-hybridized carbons (Fsp3) is 0.143. The summed E-state index contributed by atoms with van der Waals surface area (Å²) in [5, 5.41) is 0. The molecule has 0 amide bonds. The molecule has 0 atom stereocenters. The summed E-state index contributed by atoms with van der Waals surface area (Å²) < 4.78 is 2.28. The molecule has 0 aliphatic carbocycles. The molecule has 0 fully saturated rings. The van der Waals surface area contributed by atoms with E-state index in [9.17, 15) is 0 Å². The second-order valence-electron chi connectivity index (χ2n) is 3.59. The SMILES string of the molecule is Cc1ccc(Br)cc1.Cc1ccc(Br)cc1. The van der Waals surface area contributed by atoms with Crippen molar-refractivity contribution in [1.82, 2.24) is 0 Å². The third-order valence-corrected chi connectivity index (χ3v) is 3.08. The van der Waals surface area contributed by atoms with Crippen molar-refractivity contribution < 1.29 is 0 Å². The molecule has 0 saturated heterocycles. The monoisotopic (exact) mass is 340 g/mol. The van der Waals surface area contributed by atoms with Crippen LogP contribution in [-0.2, 0) is 0 Å². The van der Waals surface area contributed by atoms with Crippen molar-refractivity contribution in [3.8, 4) is 0 Å². The second-order valence-corrected chi connectivity index (χ2v) is 5.42. The van der Waals surface area contributed by atoms with Gasteiger partial charge in [-0.1, -0.05) is 67.3 Å². The zero-order valence-corrected chi connectivity index (χ0v) is 12.5.